The Kier molecular flexibility index (Phi) is 4.81. The Labute approximate surface area is 203 Å². The molecule has 0 unspecified atom stereocenters. The number of hydrogen-bond donors (Lipinski definition) is 0. The van der Waals surface area contributed by atoms with Gasteiger partial charge in [0, 0.05) is 17.8 Å². The Hall–Kier alpha value is -3.03. The summed E-state index contributed by atoms with van der Waals surface area (Å²) in [5.41, 5.74) is 5.09. The molecule has 0 bridgehead atoms. The van der Waals surface area contributed by atoms with Gasteiger partial charge in [-0.1, -0.05) is 91.0 Å². The van der Waals surface area contributed by atoms with Gasteiger partial charge in [-0.05, 0) is 45.3 Å². The minimum absolute atomic E-state index is 0.595. The summed E-state index contributed by atoms with van der Waals surface area (Å²) < 4.78 is 4.61. The van der Waals surface area contributed by atoms with Crippen molar-refractivity contribution in [3.63, 3.8) is 0 Å². The maximum atomic E-state index is 5.03. The molecule has 3 aromatic carbocycles. The quantitative estimate of drug-likeness (QED) is 0.176. The third-order valence-electron chi connectivity index (χ3n) is 5.99. The van der Waals surface area contributed by atoms with Crippen molar-refractivity contribution in [2.45, 2.75) is 5.54 Å². The van der Waals surface area contributed by atoms with Gasteiger partial charge in [-0.2, -0.15) is 0 Å². The van der Waals surface area contributed by atoms with E-state index in [-0.39, 0.29) is 0 Å². The van der Waals surface area contributed by atoms with Crippen LogP contribution in [-0.2, 0) is 5.54 Å². The molecular formula is C27H18IN3S. The molecule has 5 heteroatoms. The zero-order chi connectivity index (χ0) is 21.5. The van der Waals surface area contributed by atoms with Crippen molar-refractivity contribution in [2.75, 3.05) is 0 Å². The molecule has 0 saturated heterocycles. The van der Waals surface area contributed by atoms with E-state index in [1.165, 1.54) is 21.4 Å². The van der Waals surface area contributed by atoms with Crippen molar-refractivity contribution in [1.82, 2.24) is 14.5 Å². The lowest BCUT2D eigenvalue weighted by Gasteiger charge is -2.38. The van der Waals surface area contributed by atoms with Gasteiger partial charge in [0.1, 0.15) is 5.54 Å². The first-order valence-electron chi connectivity index (χ1n) is 10.4. The van der Waals surface area contributed by atoms with Gasteiger partial charge in [0.25, 0.3) is 0 Å². The molecule has 0 spiro atoms. The van der Waals surface area contributed by atoms with Crippen LogP contribution < -0.4 is 0 Å². The number of pyridine rings is 1. The summed E-state index contributed by atoms with van der Waals surface area (Å²) in [6.45, 7) is 0. The summed E-state index contributed by atoms with van der Waals surface area (Å²) in [6.07, 6.45) is 3.84. The fraction of sp³-hybridized carbons (Fsp3) is 0.0370. The fourth-order valence-corrected chi connectivity index (χ4v) is 6.43. The lowest BCUT2D eigenvalue weighted by molar-refractivity contribution is 0.546. The second kappa shape index (κ2) is 7.83. The molecule has 0 atom stereocenters. The molecule has 0 aliphatic rings. The Morgan fingerprint density at radius 3 is 1.78 bits per heavy atom. The Bertz CT molecular complexity index is 1430. The molecule has 32 heavy (non-hydrogen) atoms. The van der Waals surface area contributed by atoms with E-state index in [1.54, 1.807) is 11.3 Å². The third-order valence-corrected chi connectivity index (χ3v) is 7.76. The van der Waals surface area contributed by atoms with E-state index < -0.39 is 5.54 Å². The molecule has 3 aromatic heterocycles. The topological polar surface area (TPSA) is 30.7 Å². The Morgan fingerprint density at radius 2 is 1.25 bits per heavy atom. The van der Waals surface area contributed by atoms with E-state index in [0.29, 0.717) is 0 Å². The van der Waals surface area contributed by atoms with Crippen molar-refractivity contribution in [2.24, 2.45) is 0 Å². The molecule has 0 aliphatic heterocycles. The highest BCUT2D eigenvalue weighted by Gasteiger charge is 2.41. The summed E-state index contributed by atoms with van der Waals surface area (Å²) in [6, 6.07) is 34.3. The van der Waals surface area contributed by atoms with Crippen LogP contribution in [-0.4, -0.2) is 14.5 Å². The van der Waals surface area contributed by atoms with Crippen LogP contribution in [0.15, 0.2) is 109 Å². The molecular weight excluding hydrogens is 525 g/mol. The van der Waals surface area contributed by atoms with Gasteiger partial charge in [-0.15, -0.1) is 11.3 Å². The number of halogens is 1. The van der Waals surface area contributed by atoms with E-state index in [4.69, 9.17) is 4.98 Å². The van der Waals surface area contributed by atoms with Gasteiger partial charge in [-0.25, -0.2) is 4.98 Å². The van der Waals surface area contributed by atoms with Gasteiger partial charge in [-0.3, -0.25) is 4.98 Å². The number of thiazole rings is 1. The van der Waals surface area contributed by atoms with Crippen LogP contribution in [0.4, 0.5) is 0 Å². The van der Waals surface area contributed by atoms with Gasteiger partial charge in [0.05, 0.1) is 10.2 Å². The molecule has 0 aliphatic carbocycles. The highest BCUT2D eigenvalue weighted by atomic mass is 127. The van der Waals surface area contributed by atoms with Crippen LogP contribution in [0.2, 0.25) is 0 Å². The van der Waals surface area contributed by atoms with Gasteiger partial charge in [0.15, 0.2) is 8.66 Å². The third kappa shape index (κ3) is 2.84. The zero-order valence-corrected chi connectivity index (χ0v) is 20.0. The normalized spacial score (nSPS) is 11.9. The first-order valence-corrected chi connectivity index (χ1v) is 12.3. The number of hydrogen-bond acceptors (Lipinski definition) is 3. The Morgan fingerprint density at radius 1 is 0.719 bits per heavy atom. The summed E-state index contributed by atoms with van der Waals surface area (Å²) >= 11 is 4.04. The molecule has 0 N–H and O–H groups in total. The molecule has 0 saturated carbocycles. The molecule has 0 radical (unpaired) electrons. The summed E-state index contributed by atoms with van der Waals surface area (Å²) in [4.78, 5) is 9.48. The predicted octanol–water partition coefficient (Wildman–Crippen LogP) is 7.09. The van der Waals surface area contributed by atoms with Crippen LogP contribution in [0.3, 0.4) is 0 Å². The fourth-order valence-electron chi connectivity index (χ4n) is 4.75. The van der Waals surface area contributed by atoms with E-state index >= 15 is 0 Å². The van der Waals surface area contributed by atoms with E-state index in [2.05, 4.69) is 129 Å². The van der Waals surface area contributed by atoms with Gasteiger partial charge < -0.3 is 4.57 Å². The molecule has 0 amide bonds. The smallest absolute Gasteiger partial charge is 0.156 e. The zero-order valence-electron chi connectivity index (χ0n) is 17.0. The standard InChI is InChI=1S/C27H18IN3S/c28-26-30-25-24(32-26)22-18-29-17-16-23(22)31(25)27(19-10-4-1-5-11-19,20-12-6-2-7-13-20)21-14-8-3-9-15-21/h1-18H. The van der Waals surface area contributed by atoms with Crippen LogP contribution in [0.1, 0.15) is 16.7 Å². The van der Waals surface area contributed by atoms with Gasteiger partial charge >= 0.3 is 0 Å². The summed E-state index contributed by atoms with van der Waals surface area (Å²) in [5.74, 6) is 0. The molecule has 154 valence electrons. The van der Waals surface area contributed by atoms with Crippen LogP contribution in [0.25, 0.3) is 21.3 Å². The van der Waals surface area contributed by atoms with E-state index in [1.807, 2.05) is 12.4 Å². The number of fused-ring (bicyclic) bond motifs is 3. The number of nitrogens with zero attached hydrogens (tertiary/aromatic N) is 3. The van der Waals surface area contributed by atoms with Crippen molar-refractivity contribution >= 4 is 55.2 Å². The monoisotopic (exact) mass is 543 g/mol. The number of aromatic nitrogens is 3. The Balaban J connectivity index is 1.89. The van der Waals surface area contributed by atoms with E-state index in [0.717, 1.165) is 19.6 Å². The summed E-state index contributed by atoms with van der Waals surface area (Å²) in [5, 5.41) is 1.13. The number of rotatable bonds is 4. The maximum absolute atomic E-state index is 5.03. The highest BCUT2D eigenvalue weighted by Crippen LogP contribution is 2.46. The minimum Gasteiger partial charge on any atom is -0.306 e. The SMILES string of the molecule is Ic1nc2c(s1)c1cnccc1n2C(c1ccccc1)(c1ccccc1)c1ccccc1. The lowest BCUT2D eigenvalue weighted by Crippen LogP contribution is -2.37. The molecule has 3 nitrogen and oxygen atoms in total. The van der Waals surface area contributed by atoms with E-state index in [9.17, 15) is 0 Å². The molecule has 6 aromatic rings. The largest absolute Gasteiger partial charge is 0.306 e. The van der Waals surface area contributed by atoms with Gasteiger partial charge in [0.2, 0.25) is 0 Å². The average Bonchev–Trinajstić information content (AvgIpc) is 3.38. The van der Waals surface area contributed by atoms with Crippen LogP contribution >= 0.6 is 33.9 Å². The average molecular weight is 543 g/mol. The van der Waals surface area contributed by atoms with Crippen molar-refractivity contribution < 1.29 is 0 Å². The van der Waals surface area contributed by atoms with Crippen molar-refractivity contribution in [3.05, 3.63) is 129 Å². The molecule has 6 rings (SSSR count). The van der Waals surface area contributed by atoms with Crippen LogP contribution in [0.5, 0.6) is 0 Å². The maximum Gasteiger partial charge on any atom is 0.156 e. The summed E-state index contributed by atoms with van der Waals surface area (Å²) in [7, 11) is 0. The first kappa shape index (κ1) is 19.6. The lowest BCUT2D eigenvalue weighted by atomic mass is 9.76. The van der Waals surface area contributed by atoms with Crippen LogP contribution in [0, 0.1) is 3.01 Å². The molecule has 3 heterocycles. The molecule has 0 fully saturated rings. The van der Waals surface area contributed by atoms with Crippen molar-refractivity contribution in [1.29, 1.82) is 0 Å². The second-order valence-electron chi connectivity index (χ2n) is 7.66. The van der Waals surface area contributed by atoms with Crippen molar-refractivity contribution in [3.8, 4) is 0 Å². The minimum atomic E-state index is -0.595. The number of benzene rings is 3. The first-order chi connectivity index (χ1) is 15.8. The second-order valence-corrected chi connectivity index (χ2v) is 10.4. The highest BCUT2D eigenvalue weighted by molar-refractivity contribution is 14.1. The predicted molar refractivity (Wildman–Crippen MR) is 140 cm³/mol.